The number of benzene rings is 1. The van der Waals surface area contributed by atoms with Crippen LogP contribution in [0.2, 0.25) is 0 Å². The molecule has 0 aliphatic carbocycles. The molecule has 1 atom stereocenters. The molecule has 1 aromatic carbocycles. The van der Waals surface area contributed by atoms with Gasteiger partial charge in [0, 0.05) is 5.69 Å². The molecule has 0 aliphatic heterocycles. The average Bonchev–Trinajstić information content (AvgIpc) is 2.21. The minimum Gasteiger partial charge on any atom is -0.479 e. The molecular formula is C9H7F4NO4. The molecular weight excluding hydrogens is 262 g/mol. The van der Waals surface area contributed by atoms with Crippen molar-refractivity contribution in [1.82, 2.24) is 0 Å². The van der Waals surface area contributed by atoms with Gasteiger partial charge in [0.2, 0.25) is 0 Å². The Hall–Kier alpha value is -2.03. The van der Waals surface area contributed by atoms with Crippen LogP contribution in [0.1, 0.15) is 11.7 Å². The summed E-state index contributed by atoms with van der Waals surface area (Å²) in [6.45, 7) is 0. The molecule has 0 saturated heterocycles. The van der Waals surface area contributed by atoms with Gasteiger partial charge in [0.15, 0.2) is 17.7 Å². The molecule has 0 amide bonds. The van der Waals surface area contributed by atoms with Crippen molar-refractivity contribution in [2.45, 2.75) is 12.5 Å². The Morgan fingerprint density at radius 2 is 1.94 bits per heavy atom. The van der Waals surface area contributed by atoms with Crippen molar-refractivity contribution in [3.8, 4) is 5.75 Å². The number of carbonyl (C=O) groups is 1. The van der Waals surface area contributed by atoms with Crippen LogP contribution in [-0.4, -0.2) is 22.5 Å². The van der Waals surface area contributed by atoms with Crippen molar-refractivity contribution in [1.29, 1.82) is 0 Å². The van der Waals surface area contributed by atoms with E-state index in [0.717, 1.165) is 6.07 Å². The zero-order chi connectivity index (χ0) is 14.1. The van der Waals surface area contributed by atoms with Crippen molar-refractivity contribution in [3.05, 3.63) is 23.5 Å². The number of anilines is 1. The smallest absolute Gasteiger partial charge is 0.479 e. The third kappa shape index (κ3) is 3.00. The van der Waals surface area contributed by atoms with Gasteiger partial charge in [0.1, 0.15) is 0 Å². The molecule has 0 saturated carbocycles. The summed E-state index contributed by atoms with van der Waals surface area (Å²) in [5.41, 5.74) is 3.69. The Labute approximate surface area is 97.4 Å². The molecule has 0 heterocycles. The molecule has 1 rings (SSSR count). The van der Waals surface area contributed by atoms with E-state index in [-0.39, 0.29) is 0 Å². The van der Waals surface area contributed by atoms with Crippen LogP contribution in [0.4, 0.5) is 23.2 Å². The number of hydrogen-bond donors (Lipinski definition) is 3. The number of aliphatic hydroxyl groups excluding tert-OH is 1. The third-order valence-corrected chi connectivity index (χ3v) is 1.91. The van der Waals surface area contributed by atoms with Gasteiger partial charge in [-0.2, -0.15) is 0 Å². The van der Waals surface area contributed by atoms with Crippen LogP contribution in [0.15, 0.2) is 12.1 Å². The number of nitrogen functional groups attached to an aromatic ring is 1. The summed E-state index contributed by atoms with van der Waals surface area (Å²) in [5, 5.41) is 17.7. The Bertz CT molecular complexity index is 474. The SMILES string of the molecule is Nc1ccc(F)c(OC(F)(F)F)c1C(O)C(=O)O. The van der Waals surface area contributed by atoms with E-state index in [4.69, 9.17) is 10.8 Å². The van der Waals surface area contributed by atoms with E-state index < -0.39 is 41.3 Å². The number of carboxylic acid groups (broad SMARTS) is 1. The first-order valence-electron chi connectivity index (χ1n) is 4.38. The molecule has 0 spiro atoms. The predicted octanol–water partition coefficient (Wildman–Crippen LogP) is 1.42. The fourth-order valence-corrected chi connectivity index (χ4v) is 1.21. The molecule has 4 N–H and O–H groups in total. The standard InChI is InChI=1S/C9H7F4NO4/c10-3-1-2-4(14)5(6(15)8(16)17)7(3)18-9(11,12)13/h1-2,6,15H,14H2,(H,16,17). The largest absolute Gasteiger partial charge is 0.573 e. The molecule has 5 nitrogen and oxygen atoms in total. The lowest BCUT2D eigenvalue weighted by Gasteiger charge is -2.17. The summed E-state index contributed by atoms with van der Waals surface area (Å²) in [7, 11) is 0. The maximum absolute atomic E-state index is 13.2. The highest BCUT2D eigenvalue weighted by molar-refractivity contribution is 5.78. The quantitative estimate of drug-likeness (QED) is 0.570. The van der Waals surface area contributed by atoms with Crippen molar-refractivity contribution in [3.63, 3.8) is 0 Å². The molecule has 0 bridgehead atoms. The second kappa shape index (κ2) is 4.69. The average molecular weight is 269 g/mol. The molecule has 9 heteroatoms. The van der Waals surface area contributed by atoms with Gasteiger partial charge in [-0.1, -0.05) is 0 Å². The highest BCUT2D eigenvalue weighted by Crippen LogP contribution is 2.36. The van der Waals surface area contributed by atoms with E-state index in [2.05, 4.69) is 4.74 Å². The van der Waals surface area contributed by atoms with Crippen LogP contribution in [-0.2, 0) is 4.79 Å². The number of carboxylic acids is 1. The molecule has 1 aromatic rings. The van der Waals surface area contributed by atoms with Gasteiger partial charge in [0.05, 0.1) is 5.56 Å². The first-order chi connectivity index (χ1) is 8.13. The summed E-state index contributed by atoms with van der Waals surface area (Å²) >= 11 is 0. The van der Waals surface area contributed by atoms with E-state index in [0.29, 0.717) is 6.07 Å². The van der Waals surface area contributed by atoms with Gasteiger partial charge in [0.25, 0.3) is 0 Å². The number of aliphatic hydroxyl groups is 1. The number of nitrogens with two attached hydrogens (primary N) is 1. The summed E-state index contributed by atoms with van der Waals surface area (Å²) in [4.78, 5) is 10.5. The fourth-order valence-electron chi connectivity index (χ4n) is 1.21. The summed E-state index contributed by atoms with van der Waals surface area (Å²) in [6.07, 6.45) is -7.68. The maximum Gasteiger partial charge on any atom is 0.573 e. The van der Waals surface area contributed by atoms with Gasteiger partial charge >= 0.3 is 12.3 Å². The monoisotopic (exact) mass is 269 g/mol. The van der Waals surface area contributed by atoms with E-state index >= 15 is 0 Å². The number of hydrogen-bond acceptors (Lipinski definition) is 4. The van der Waals surface area contributed by atoms with Crippen LogP contribution in [0.25, 0.3) is 0 Å². The van der Waals surface area contributed by atoms with Crippen molar-refractivity contribution < 1.29 is 37.3 Å². The van der Waals surface area contributed by atoms with Crippen LogP contribution in [0.3, 0.4) is 0 Å². The number of aliphatic carboxylic acids is 1. The Morgan fingerprint density at radius 1 is 1.39 bits per heavy atom. The summed E-state index contributed by atoms with van der Waals surface area (Å²) < 4.78 is 52.7. The second-order valence-electron chi connectivity index (χ2n) is 3.17. The van der Waals surface area contributed by atoms with E-state index in [9.17, 15) is 27.5 Å². The number of halogens is 4. The lowest BCUT2D eigenvalue weighted by Crippen LogP contribution is -2.22. The van der Waals surface area contributed by atoms with Gasteiger partial charge in [-0.25, -0.2) is 9.18 Å². The summed E-state index contributed by atoms with van der Waals surface area (Å²) in [5.74, 6) is -4.84. The van der Waals surface area contributed by atoms with E-state index in [1.807, 2.05) is 0 Å². The second-order valence-corrected chi connectivity index (χ2v) is 3.17. The Kier molecular flexibility index (Phi) is 3.65. The number of ether oxygens (including phenoxy) is 1. The van der Waals surface area contributed by atoms with Crippen LogP contribution in [0, 0.1) is 5.82 Å². The normalized spacial score (nSPS) is 13.2. The lowest BCUT2D eigenvalue weighted by molar-refractivity contribution is -0.276. The van der Waals surface area contributed by atoms with Crippen LogP contribution >= 0.6 is 0 Å². The highest BCUT2D eigenvalue weighted by Gasteiger charge is 2.36. The topological polar surface area (TPSA) is 92.8 Å². The van der Waals surface area contributed by atoms with Crippen LogP contribution in [0.5, 0.6) is 5.75 Å². The molecule has 0 aliphatic rings. The predicted molar refractivity (Wildman–Crippen MR) is 50.1 cm³/mol. The first kappa shape index (κ1) is 14.0. The number of alkyl halides is 3. The van der Waals surface area contributed by atoms with Crippen molar-refractivity contribution in [2.75, 3.05) is 5.73 Å². The Balaban J connectivity index is 3.38. The molecule has 0 radical (unpaired) electrons. The first-order valence-corrected chi connectivity index (χ1v) is 4.38. The molecule has 0 aromatic heterocycles. The van der Waals surface area contributed by atoms with Crippen molar-refractivity contribution in [2.24, 2.45) is 0 Å². The van der Waals surface area contributed by atoms with Gasteiger partial charge in [-0.3, -0.25) is 0 Å². The maximum atomic E-state index is 13.2. The summed E-state index contributed by atoms with van der Waals surface area (Å²) in [6, 6.07) is 1.38. The fraction of sp³-hybridized carbons (Fsp3) is 0.222. The minimum absolute atomic E-state index is 0.537. The third-order valence-electron chi connectivity index (χ3n) is 1.91. The zero-order valence-electron chi connectivity index (χ0n) is 8.53. The minimum atomic E-state index is -5.25. The van der Waals surface area contributed by atoms with E-state index in [1.165, 1.54) is 0 Å². The van der Waals surface area contributed by atoms with Crippen LogP contribution < -0.4 is 10.5 Å². The van der Waals surface area contributed by atoms with E-state index in [1.54, 1.807) is 0 Å². The lowest BCUT2D eigenvalue weighted by atomic mass is 10.1. The highest BCUT2D eigenvalue weighted by atomic mass is 19.4. The van der Waals surface area contributed by atoms with Gasteiger partial charge in [-0.15, -0.1) is 13.2 Å². The van der Waals surface area contributed by atoms with Crippen molar-refractivity contribution >= 4 is 11.7 Å². The molecule has 0 fully saturated rings. The van der Waals surface area contributed by atoms with Gasteiger partial charge < -0.3 is 20.7 Å². The molecule has 1 unspecified atom stereocenters. The number of rotatable bonds is 3. The zero-order valence-corrected chi connectivity index (χ0v) is 8.53. The van der Waals surface area contributed by atoms with Gasteiger partial charge in [-0.05, 0) is 12.1 Å². The molecule has 100 valence electrons. The Morgan fingerprint density at radius 3 is 2.39 bits per heavy atom. The molecule has 18 heavy (non-hydrogen) atoms.